The van der Waals surface area contributed by atoms with Gasteiger partial charge in [-0.05, 0) is 23.4 Å². The molecule has 0 bridgehead atoms. The Morgan fingerprint density at radius 2 is 0.913 bits per heavy atom. The molecule has 0 fully saturated rings. The van der Waals surface area contributed by atoms with E-state index in [0.29, 0.717) is 0 Å². The Hall–Kier alpha value is -1.95. The fraction of sp³-hybridized carbons (Fsp3) is 0.143. The summed E-state index contributed by atoms with van der Waals surface area (Å²) < 4.78 is 5.94. The third-order valence-corrected chi connectivity index (χ3v) is 6.59. The van der Waals surface area contributed by atoms with Gasteiger partial charge in [-0.2, -0.15) is 0 Å². The van der Waals surface area contributed by atoms with Crippen LogP contribution in [0.25, 0.3) is 0 Å². The summed E-state index contributed by atoms with van der Waals surface area (Å²) in [7, 11) is 1.06. The highest BCUT2D eigenvalue weighted by atomic mass is 31.1. The summed E-state index contributed by atoms with van der Waals surface area (Å²) in [6, 6.07) is 32.1. The summed E-state index contributed by atoms with van der Waals surface area (Å²) in [6.07, 6.45) is 0. The van der Waals surface area contributed by atoms with Crippen LogP contribution in [0.4, 0.5) is 0 Å². The van der Waals surface area contributed by atoms with Crippen LogP contribution in [0.5, 0.6) is 0 Å². The van der Waals surface area contributed by atoms with Crippen molar-refractivity contribution in [2.24, 2.45) is 0 Å². The Morgan fingerprint density at radius 3 is 1.17 bits per heavy atom. The zero-order chi connectivity index (χ0) is 16.1. The molecule has 0 saturated carbocycles. The van der Waals surface area contributed by atoms with Crippen molar-refractivity contribution in [2.75, 3.05) is 13.8 Å². The van der Waals surface area contributed by atoms with Crippen molar-refractivity contribution in [1.29, 1.82) is 0 Å². The minimum atomic E-state index is -0.755. The molecule has 0 aliphatic carbocycles. The number of benzene rings is 3. The van der Waals surface area contributed by atoms with E-state index in [1.807, 2.05) is 7.11 Å². The van der Waals surface area contributed by atoms with Gasteiger partial charge in [0.2, 0.25) is 0 Å². The van der Waals surface area contributed by atoms with E-state index in [1.165, 1.54) is 16.7 Å². The first kappa shape index (κ1) is 15.9. The maximum Gasteiger partial charge on any atom is 0.0891 e. The third-order valence-electron chi connectivity index (χ3n) is 4.32. The van der Waals surface area contributed by atoms with Gasteiger partial charge in [-0.1, -0.05) is 91.0 Å². The lowest BCUT2D eigenvalue weighted by Gasteiger charge is -2.40. The van der Waals surface area contributed by atoms with E-state index >= 15 is 0 Å². The second kappa shape index (κ2) is 7.08. The van der Waals surface area contributed by atoms with Crippen LogP contribution in [0.3, 0.4) is 0 Å². The van der Waals surface area contributed by atoms with Crippen LogP contribution >= 0.6 is 8.15 Å². The number of rotatable bonds is 5. The van der Waals surface area contributed by atoms with E-state index in [4.69, 9.17) is 4.52 Å². The number of hydrogen-bond acceptors (Lipinski definition) is 1. The highest BCUT2D eigenvalue weighted by molar-refractivity contribution is 7.53. The molecule has 1 nitrogen and oxygen atoms in total. The molecule has 0 aliphatic heterocycles. The minimum Gasteiger partial charge on any atom is -0.361 e. The predicted molar refractivity (Wildman–Crippen MR) is 99.1 cm³/mol. The van der Waals surface area contributed by atoms with Crippen LogP contribution in [0.15, 0.2) is 91.0 Å². The molecule has 0 aromatic heterocycles. The predicted octanol–water partition coefficient (Wildman–Crippen LogP) is 5.65. The van der Waals surface area contributed by atoms with Gasteiger partial charge in [-0.15, -0.1) is 0 Å². The number of hydrogen-bond donors (Lipinski definition) is 0. The molecule has 3 aromatic rings. The van der Waals surface area contributed by atoms with Gasteiger partial charge in [0.15, 0.2) is 0 Å². The first-order chi connectivity index (χ1) is 11.3. The average Bonchev–Trinajstić information content (AvgIpc) is 2.65. The summed E-state index contributed by atoms with van der Waals surface area (Å²) in [5.74, 6) is 0. The molecular weight excluding hydrogens is 299 g/mol. The summed E-state index contributed by atoms with van der Waals surface area (Å²) >= 11 is 0. The van der Waals surface area contributed by atoms with Gasteiger partial charge < -0.3 is 4.52 Å². The molecule has 116 valence electrons. The molecule has 0 radical (unpaired) electrons. The second-order valence-corrected chi connectivity index (χ2v) is 7.52. The van der Waals surface area contributed by atoms with Crippen molar-refractivity contribution < 1.29 is 4.52 Å². The summed E-state index contributed by atoms with van der Waals surface area (Å²) in [5.41, 5.74) is 3.81. The van der Waals surface area contributed by atoms with Crippen molar-refractivity contribution in [1.82, 2.24) is 0 Å². The van der Waals surface area contributed by atoms with Crippen LogP contribution in [0, 0.1) is 0 Å². The lowest BCUT2D eigenvalue weighted by molar-refractivity contribution is 0.450. The van der Waals surface area contributed by atoms with Gasteiger partial charge in [0.25, 0.3) is 0 Å². The highest BCUT2D eigenvalue weighted by Gasteiger charge is 2.42. The van der Waals surface area contributed by atoms with Crippen LogP contribution in [-0.2, 0) is 9.68 Å². The fourth-order valence-electron chi connectivity index (χ4n) is 3.22. The highest BCUT2D eigenvalue weighted by Crippen LogP contribution is 2.61. The Kier molecular flexibility index (Phi) is 4.91. The monoisotopic (exact) mass is 320 g/mol. The van der Waals surface area contributed by atoms with E-state index in [-0.39, 0.29) is 5.16 Å². The Labute approximate surface area is 139 Å². The van der Waals surface area contributed by atoms with E-state index < -0.39 is 8.15 Å². The zero-order valence-corrected chi connectivity index (χ0v) is 14.4. The van der Waals surface area contributed by atoms with Gasteiger partial charge in [-0.3, -0.25) is 0 Å². The van der Waals surface area contributed by atoms with Crippen molar-refractivity contribution in [3.05, 3.63) is 108 Å². The molecule has 2 heteroatoms. The Balaban J connectivity index is 2.35. The van der Waals surface area contributed by atoms with Gasteiger partial charge in [0.1, 0.15) is 0 Å². The molecule has 1 unspecified atom stereocenters. The molecule has 0 aliphatic rings. The topological polar surface area (TPSA) is 9.23 Å². The van der Waals surface area contributed by atoms with Gasteiger partial charge in [-0.25, -0.2) is 0 Å². The minimum absolute atomic E-state index is 0.270. The smallest absolute Gasteiger partial charge is 0.0891 e. The van der Waals surface area contributed by atoms with E-state index in [9.17, 15) is 0 Å². The average molecular weight is 320 g/mol. The molecule has 3 rings (SSSR count). The maximum atomic E-state index is 5.94. The molecule has 0 N–H and O–H groups in total. The quantitative estimate of drug-likeness (QED) is 0.436. The van der Waals surface area contributed by atoms with Gasteiger partial charge in [0, 0.05) is 15.3 Å². The molecule has 1 atom stereocenters. The third kappa shape index (κ3) is 2.83. The first-order valence-electron chi connectivity index (χ1n) is 7.74. The summed E-state index contributed by atoms with van der Waals surface area (Å²) in [6.45, 7) is 2.21. The van der Waals surface area contributed by atoms with Gasteiger partial charge in [0.05, 0.1) is 5.16 Å². The van der Waals surface area contributed by atoms with E-state index in [0.717, 1.165) is 0 Å². The van der Waals surface area contributed by atoms with Crippen molar-refractivity contribution in [3.63, 3.8) is 0 Å². The normalized spacial score (nSPS) is 12.8. The van der Waals surface area contributed by atoms with Crippen molar-refractivity contribution >= 4 is 8.15 Å². The molecule has 23 heavy (non-hydrogen) atoms. The van der Waals surface area contributed by atoms with Crippen molar-refractivity contribution in [3.8, 4) is 0 Å². The zero-order valence-electron chi connectivity index (χ0n) is 13.5. The summed E-state index contributed by atoms with van der Waals surface area (Å²) in [4.78, 5) is 0. The van der Waals surface area contributed by atoms with Crippen LogP contribution in [0.2, 0.25) is 0 Å². The van der Waals surface area contributed by atoms with Crippen LogP contribution < -0.4 is 0 Å². The second-order valence-electron chi connectivity index (χ2n) is 5.49. The first-order valence-corrected chi connectivity index (χ1v) is 9.45. The molecule has 0 saturated heterocycles. The maximum absolute atomic E-state index is 5.94. The van der Waals surface area contributed by atoms with Crippen LogP contribution in [0.1, 0.15) is 16.7 Å². The SMILES string of the molecule is COP(C)C(c1ccccc1)(c1ccccc1)c1ccccc1. The molecule has 3 aromatic carbocycles. The molecular formula is C21H21OP. The van der Waals surface area contributed by atoms with E-state index in [2.05, 4.69) is 97.7 Å². The molecule has 0 heterocycles. The standard InChI is InChI=1S/C21H21OP/c1-22-23(2)21(18-12-6-3-7-13-18,19-14-8-4-9-15-19)20-16-10-5-11-17-20/h3-17H,1-2H3. The summed E-state index contributed by atoms with van der Waals surface area (Å²) in [5, 5.41) is -0.270. The largest absolute Gasteiger partial charge is 0.361 e. The molecule has 0 amide bonds. The van der Waals surface area contributed by atoms with Gasteiger partial charge >= 0.3 is 0 Å². The lowest BCUT2D eigenvalue weighted by atomic mass is 9.84. The molecule has 0 spiro atoms. The van der Waals surface area contributed by atoms with Crippen molar-refractivity contribution in [2.45, 2.75) is 5.16 Å². The lowest BCUT2D eigenvalue weighted by Crippen LogP contribution is -2.27. The fourth-order valence-corrected chi connectivity index (χ4v) is 5.03. The Morgan fingerprint density at radius 1 is 0.609 bits per heavy atom. The Bertz CT molecular complexity index is 629. The van der Waals surface area contributed by atoms with Crippen LogP contribution in [-0.4, -0.2) is 13.8 Å². The van der Waals surface area contributed by atoms with E-state index in [1.54, 1.807) is 0 Å².